The zero-order valence-electron chi connectivity index (χ0n) is 10.7. The Balaban J connectivity index is 1.95. The van der Waals surface area contributed by atoms with Gasteiger partial charge in [0.05, 0.1) is 0 Å². The molecule has 0 spiro atoms. The second-order valence-corrected chi connectivity index (χ2v) is 5.38. The van der Waals surface area contributed by atoms with Crippen LogP contribution in [0.5, 0.6) is 0 Å². The van der Waals surface area contributed by atoms with Crippen molar-refractivity contribution in [3.05, 3.63) is 70.0 Å². The number of nitrogens with one attached hydrogen (secondary N) is 1. The molecule has 0 bridgehead atoms. The van der Waals surface area contributed by atoms with E-state index in [4.69, 9.17) is 11.6 Å². The predicted molar refractivity (Wildman–Crippen MR) is 76.1 cm³/mol. The molecular formula is C16H15ClFN. The van der Waals surface area contributed by atoms with Crippen molar-refractivity contribution in [2.75, 3.05) is 7.05 Å². The van der Waals surface area contributed by atoms with Crippen LogP contribution in [0, 0.1) is 5.82 Å². The van der Waals surface area contributed by atoms with Gasteiger partial charge in [0.15, 0.2) is 0 Å². The van der Waals surface area contributed by atoms with Crippen LogP contribution in [0.4, 0.5) is 4.39 Å². The lowest BCUT2D eigenvalue weighted by molar-refractivity contribution is 0.422. The number of rotatable bonds is 3. The molecule has 98 valence electrons. The molecule has 1 N–H and O–H groups in total. The molecule has 0 saturated heterocycles. The van der Waals surface area contributed by atoms with Gasteiger partial charge in [0.25, 0.3) is 0 Å². The standard InChI is InChI=1S/C16H15ClFN/c1-19-16(13-7-6-11(17)9-15(13)18)14-8-10-4-2-3-5-12(10)14/h2-7,9,14,16,19H,8H2,1H3. The maximum absolute atomic E-state index is 14.1. The summed E-state index contributed by atoms with van der Waals surface area (Å²) in [5.74, 6) is 0.0908. The third-order valence-corrected chi connectivity index (χ3v) is 4.14. The van der Waals surface area contributed by atoms with E-state index in [9.17, 15) is 4.39 Å². The van der Waals surface area contributed by atoms with Gasteiger partial charge >= 0.3 is 0 Å². The van der Waals surface area contributed by atoms with Crippen molar-refractivity contribution in [2.45, 2.75) is 18.4 Å². The zero-order chi connectivity index (χ0) is 13.4. The molecule has 3 rings (SSSR count). The van der Waals surface area contributed by atoms with Crippen molar-refractivity contribution in [1.29, 1.82) is 0 Å². The lowest BCUT2D eigenvalue weighted by Crippen LogP contribution is -2.31. The van der Waals surface area contributed by atoms with Gasteiger partial charge in [-0.3, -0.25) is 0 Å². The van der Waals surface area contributed by atoms with Crippen LogP contribution >= 0.6 is 11.6 Å². The summed E-state index contributed by atoms with van der Waals surface area (Å²) in [7, 11) is 1.87. The zero-order valence-corrected chi connectivity index (χ0v) is 11.4. The van der Waals surface area contributed by atoms with Crippen molar-refractivity contribution in [3.63, 3.8) is 0 Å². The van der Waals surface area contributed by atoms with E-state index in [0.717, 1.165) is 6.42 Å². The molecule has 0 aromatic heterocycles. The summed E-state index contributed by atoms with van der Waals surface area (Å²) < 4.78 is 14.1. The van der Waals surface area contributed by atoms with Crippen molar-refractivity contribution in [2.24, 2.45) is 0 Å². The molecule has 1 aliphatic rings. The highest BCUT2D eigenvalue weighted by Crippen LogP contribution is 2.43. The Morgan fingerprint density at radius 1 is 1.26 bits per heavy atom. The molecule has 0 aliphatic heterocycles. The lowest BCUT2D eigenvalue weighted by Gasteiger charge is -2.36. The number of likely N-dealkylation sites (N-methyl/N-ethyl adjacent to an activating group) is 1. The van der Waals surface area contributed by atoms with E-state index in [1.54, 1.807) is 12.1 Å². The molecule has 0 heterocycles. The van der Waals surface area contributed by atoms with Crippen LogP contribution in [0.25, 0.3) is 0 Å². The summed E-state index contributed by atoms with van der Waals surface area (Å²) in [6, 6.07) is 13.2. The minimum absolute atomic E-state index is 0.00725. The summed E-state index contributed by atoms with van der Waals surface area (Å²) in [6.45, 7) is 0. The van der Waals surface area contributed by atoms with Crippen molar-refractivity contribution >= 4 is 11.6 Å². The molecule has 19 heavy (non-hydrogen) atoms. The van der Waals surface area contributed by atoms with Gasteiger partial charge in [-0.05, 0) is 36.7 Å². The van der Waals surface area contributed by atoms with Crippen LogP contribution in [0.1, 0.15) is 28.7 Å². The molecule has 3 heteroatoms. The van der Waals surface area contributed by atoms with Gasteiger partial charge in [0.1, 0.15) is 5.82 Å². The Morgan fingerprint density at radius 2 is 2.05 bits per heavy atom. The van der Waals surface area contributed by atoms with Crippen molar-refractivity contribution in [3.8, 4) is 0 Å². The van der Waals surface area contributed by atoms with E-state index >= 15 is 0 Å². The van der Waals surface area contributed by atoms with Crippen LogP contribution < -0.4 is 5.32 Å². The molecule has 0 amide bonds. The maximum atomic E-state index is 14.1. The SMILES string of the molecule is CNC(c1ccc(Cl)cc1F)C1Cc2ccccc21. The molecule has 2 unspecified atom stereocenters. The fourth-order valence-electron chi connectivity index (χ4n) is 2.92. The minimum atomic E-state index is -0.240. The average molecular weight is 276 g/mol. The largest absolute Gasteiger partial charge is 0.312 e. The molecule has 0 saturated carbocycles. The first kappa shape index (κ1) is 12.6. The second kappa shape index (κ2) is 4.95. The van der Waals surface area contributed by atoms with E-state index in [2.05, 4.69) is 17.4 Å². The molecule has 1 nitrogen and oxygen atoms in total. The highest BCUT2D eigenvalue weighted by atomic mass is 35.5. The summed E-state index contributed by atoms with van der Waals surface area (Å²) >= 11 is 5.81. The molecule has 0 radical (unpaired) electrons. The average Bonchev–Trinajstić information content (AvgIpc) is 2.37. The first-order valence-corrected chi connectivity index (χ1v) is 6.78. The maximum Gasteiger partial charge on any atom is 0.129 e. The first-order valence-electron chi connectivity index (χ1n) is 6.40. The third kappa shape index (κ3) is 2.15. The fraction of sp³-hybridized carbons (Fsp3) is 0.250. The van der Waals surface area contributed by atoms with E-state index in [1.165, 1.54) is 17.2 Å². The number of halogens is 2. The minimum Gasteiger partial charge on any atom is -0.312 e. The van der Waals surface area contributed by atoms with E-state index in [1.807, 2.05) is 19.2 Å². The molecule has 1 aliphatic carbocycles. The lowest BCUT2D eigenvalue weighted by atomic mass is 9.71. The Kier molecular flexibility index (Phi) is 3.29. The van der Waals surface area contributed by atoms with Crippen LogP contribution in [0.15, 0.2) is 42.5 Å². The molecule has 0 fully saturated rings. The van der Waals surface area contributed by atoms with E-state index in [-0.39, 0.29) is 11.9 Å². The van der Waals surface area contributed by atoms with Crippen molar-refractivity contribution < 1.29 is 4.39 Å². The summed E-state index contributed by atoms with van der Waals surface area (Å²) in [6.07, 6.45) is 0.990. The van der Waals surface area contributed by atoms with Gasteiger partial charge in [-0.25, -0.2) is 4.39 Å². The van der Waals surface area contributed by atoms with Crippen LogP contribution in [-0.2, 0) is 6.42 Å². The molecule has 2 aromatic carbocycles. The number of benzene rings is 2. The van der Waals surface area contributed by atoms with E-state index in [0.29, 0.717) is 16.5 Å². The first-order chi connectivity index (χ1) is 9.20. The topological polar surface area (TPSA) is 12.0 Å². The summed E-state index contributed by atoms with van der Waals surface area (Å²) in [4.78, 5) is 0. The summed E-state index contributed by atoms with van der Waals surface area (Å²) in [5.41, 5.74) is 3.37. The van der Waals surface area contributed by atoms with Gasteiger partial charge in [0.2, 0.25) is 0 Å². The quantitative estimate of drug-likeness (QED) is 0.890. The predicted octanol–water partition coefficient (Wildman–Crippen LogP) is 4.08. The Labute approximate surface area is 117 Å². The monoisotopic (exact) mass is 275 g/mol. The van der Waals surface area contributed by atoms with Gasteiger partial charge in [-0.15, -0.1) is 0 Å². The normalized spacial score (nSPS) is 18.6. The van der Waals surface area contributed by atoms with Crippen LogP contribution in [-0.4, -0.2) is 7.05 Å². The van der Waals surface area contributed by atoms with E-state index < -0.39 is 0 Å². The summed E-state index contributed by atoms with van der Waals surface area (Å²) in [5, 5.41) is 3.67. The highest BCUT2D eigenvalue weighted by molar-refractivity contribution is 6.30. The van der Waals surface area contributed by atoms with Crippen molar-refractivity contribution in [1.82, 2.24) is 5.32 Å². The Morgan fingerprint density at radius 3 is 2.74 bits per heavy atom. The highest BCUT2D eigenvalue weighted by Gasteiger charge is 2.33. The second-order valence-electron chi connectivity index (χ2n) is 4.94. The van der Waals surface area contributed by atoms with Gasteiger partial charge in [-0.2, -0.15) is 0 Å². The smallest absolute Gasteiger partial charge is 0.129 e. The van der Waals surface area contributed by atoms with Gasteiger partial charge in [-0.1, -0.05) is 41.9 Å². The Hall–Kier alpha value is -1.38. The molecular weight excluding hydrogens is 261 g/mol. The molecule has 2 atom stereocenters. The Bertz CT molecular complexity index is 611. The van der Waals surface area contributed by atoms with Crippen LogP contribution in [0.2, 0.25) is 5.02 Å². The number of hydrogen-bond donors (Lipinski definition) is 1. The third-order valence-electron chi connectivity index (χ3n) is 3.91. The number of fused-ring (bicyclic) bond motifs is 1. The fourth-order valence-corrected chi connectivity index (χ4v) is 3.08. The molecule has 2 aromatic rings. The van der Waals surface area contributed by atoms with Gasteiger partial charge in [0, 0.05) is 22.5 Å². The number of hydrogen-bond acceptors (Lipinski definition) is 1. The van der Waals surface area contributed by atoms with Crippen LogP contribution in [0.3, 0.4) is 0 Å². The van der Waals surface area contributed by atoms with Gasteiger partial charge < -0.3 is 5.32 Å².